The van der Waals surface area contributed by atoms with Crippen molar-refractivity contribution in [2.24, 2.45) is 0 Å². The lowest BCUT2D eigenvalue weighted by Gasteiger charge is -2.42. The number of pyridine rings is 1. The zero-order chi connectivity index (χ0) is 38.5. The maximum Gasteiger partial charge on any atom is 0.355 e. The van der Waals surface area contributed by atoms with Crippen molar-refractivity contribution < 1.29 is 38.6 Å². The Morgan fingerprint density at radius 2 is 1.57 bits per heavy atom. The third-order valence-electron chi connectivity index (χ3n) is 11.4. The number of nitrogens with zero attached hydrogens (tertiary/aromatic N) is 2. The van der Waals surface area contributed by atoms with Crippen molar-refractivity contribution in [2.75, 3.05) is 6.61 Å². The van der Waals surface area contributed by atoms with Crippen LogP contribution in [-0.2, 0) is 40.0 Å². The van der Waals surface area contributed by atoms with Crippen LogP contribution < -0.4 is 5.32 Å². The van der Waals surface area contributed by atoms with Gasteiger partial charge in [-0.2, -0.15) is 0 Å². The monoisotopic (exact) mass is 745 g/mol. The van der Waals surface area contributed by atoms with Gasteiger partial charge < -0.3 is 24.8 Å². The molecule has 3 aliphatic heterocycles. The van der Waals surface area contributed by atoms with Crippen LogP contribution in [0.25, 0.3) is 10.9 Å². The van der Waals surface area contributed by atoms with Gasteiger partial charge in [-0.15, -0.1) is 0 Å². The van der Waals surface area contributed by atoms with E-state index in [1.807, 2.05) is 30.3 Å². The van der Waals surface area contributed by atoms with E-state index in [0.29, 0.717) is 30.5 Å². The molecule has 11 nitrogen and oxygen atoms in total. The third-order valence-corrected chi connectivity index (χ3v) is 11.4. The molecule has 4 heterocycles. The van der Waals surface area contributed by atoms with Crippen molar-refractivity contribution >= 4 is 40.6 Å². The number of carboxylic acid groups (broad SMARTS) is 1. The minimum absolute atomic E-state index is 0.0684. The molecular formula is C43H59N3O8. The van der Waals surface area contributed by atoms with Gasteiger partial charge in [0.15, 0.2) is 0 Å². The first-order valence-corrected chi connectivity index (χ1v) is 20.5. The van der Waals surface area contributed by atoms with Gasteiger partial charge in [-0.25, -0.2) is 9.59 Å². The molecule has 2 amide bonds. The summed E-state index contributed by atoms with van der Waals surface area (Å²) in [5.41, 5.74) is 1.57. The molecule has 11 heteroatoms. The lowest BCUT2D eigenvalue weighted by Crippen LogP contribution is -2.53. The quantitative estimate of drug-likeness (QED) is 0.0847. The number of amides is 2. The molecule has 3 atom stereocenters. The van der Waals surface area contributed by atoms with Crippen LogP contribution in [0.2, 0.25) is 0 Å². The van der Waals surface area contributed by atoms with E-state index in [-0.39, 0.29) is 44.6 Å². The Labute approximate surface area is 319 Å². The third kappa shape index (κ3) is 10.1. The summed E-state index contributed by atoms with van der Waals surface area (Å²) in [6, 6.07) is 8.42. The molecule has 1 aromatic carbocycles. The fourth-order valence-electron chi connectivity index (χ4n) is 8.24. The minimum atomic E-state index is -1.75. The Kier molecular flexibility index (Phi) is 15.0. The highest BCUT2D eigenvalue weighted by Crippen LogP contribution is 2.48. The van der Waals surface area contributed by atoms with Gasteiger partial charge in [0.2, 0.25) is 11.5 Å². The molecule has 5 rings (SSSR count). The summed E-state index contributed by atoms with van der Waals surface area (Å²) >= 11 is 0. The van der Waals surface area contributed by atoms with E-state index in [1.165, 1.54) is 64.2 Å². The fraction of sp³-hybridized carbons (Fsp3) is 0.628. The topological polar surface area (TPSA) is 152 Å². The Morgan fingerprint density at radius 1 is 0.926 bits per heavy atom. The lowest BCUT2D eigenvalue weighted by atomic mass is 9.78. The zero-order valence-corrected chi connectivity index (χ0v) is 32.3. The summed E-state index contributed by atoms with van der Waals surface area (Å²) in [4.78, 5) is 71.6. The van der Waals surface area contributed by atoms with Crippen LogP contribution in [0.15, 0.2) is 41.5 Å². The number of aliphatic carboxylic acids is 1. The van der Waals surface area contributed by atoms with Crippen LogP contribution in [0, 0.1) is 0 Å². The summed E-state index contributed by atoms with van der Waals surface area (Å²) in [6.07, 6.45) is 17.5. The molecule has 0 radical (unpaired) electrons. The largest absolute Gasteiger partial charge is 0.480 e. The van der Waals surface area contributed by atoms with Gasteiger partial charge in [-0.3, -0.25) is 19.4 Å². The number of cyclic esters (lactones) is 1. The van der Waals surface area contributed by atoms with Crippen LogP contribution in [0.3, 0.4) is 0 Å². The van der Waals surface area contributed by atoms with E-state index in [4.69, 9.17) is 14.5 Å². The van der Waals surface area contributed by atoms with Crippen molar-refractivity contribution in [3.05, 3.63) is 52.7 Å². The molecular weight excluding hydrogens is 686 g/mol. The Balaban J connectivity index is 1.05. The van der Waals surface area contributed by atoms with Crippen LogP contribution >= 0.6 is 0 Å². The average molecular weight is 746 g/mol. The molecule has 2 N–H and O–H groups in total. The standard InChI is InChI=1S/C43H59N3O8/c1-3-5-6-7-8-9-10-11-12-13-14-15-16-17-23-35(41(50)51)44-37(47)24-20-25-38(48)54-43(4-2)33-27-36-39-31(26-30-21-18-19-22-34(30)45-39)28-46(36)40(49)32(33)29-53-42(43)52/h18-19,21-22,26,35-36H,3-17,20,23-25,27-29H2,1-2H3,(H,44,47)(H,50,51)/t35?,36?,43-/m0/s1. The SMILES string of the molecule is CCCCCCCCCCCCCCCCC(NC(=O)CCCC(=O)O[C@]1(CC)C(=O)OCC2=C1CC1c3nc4ccccc4cc3CN1C2=O)C(=O)O. The highest BCUT2D eigenvalue weighted by atomic mass is 16.6. The van der Waals surface area contributed by atoms with Gasteiger partial charge in [-0.05, 0) is 49.0 Å². The maximum absolute atomic E-state index is 13.8. The number of hydrogen-bond acceptors (Lipinski definition) is 8. The second kappa shape index (κ2) is 19.9. The fourth-order valence-corrected chi connectivity index (χ4v) is 8.24. The number of hydrogen-bond donors (Lipinski definition) is 2. The van der Waals surface area contributed by atoms with Crippen molar-refractivity contribution in [1.82, 2.24) is 15.2 Å². The average Bonchev–Trinajstić information content (AvgIpc) is 3.52. The van der Waals surface area contributed by atoms with Crippen molar-refractivity contribution in [1.29, 1.82) is 0 Å². The van der Waals surface area contributed by atoms with E-state index in [1.54, 1.807) is 11.8 Å². The predicted octanol–water partition coefficient (Wildman–Crippen LogP) is 8.18. The number of esters is 2. The first-order valence-electron chi connectivity index (χ1n) is 20.5. The van der Waals surface area contributed by atoms with Gasteiger partial charge >= 0.3 is 17.9 Å². The number of unbranched alkanes of at least 4 members (excludes halogenated alkanes) is 13. The Hall–Kier alpha value is -4.28. The number of aromatic nitrogens is 1. The molecule has 0 fully saturated rings. The molecule has 0 spiro atoms. The smallest absolute Gasteiger partial charge is 0.355 e. The molecule has 1 aromatic heterocycles. The lowest BCUT2D eigenvalue weighted by molar-refractivity contribution is -0.182. The molecule has 2 unspecified atom stereocenters. The number of carbonyl (C=O) groups is 5. The molecule has 2 aromatic rings. The van der Waals surface area contributed by atoms with Crippen molar-refractivity contribution in [3.63, 3.8) is 0 Å². The van der Waals surface area contributed by atoms with E-state index in [0.717, 1.165) is 41.4 Å². The number of carbonyl (C=O) groups excluding carboxylic acids is 4. The zero-order valence-electron chi connectivity index (χ0n) is 32.3. The summed E-state index contributed by atoms with van der Waals surface area (Å²) < 4.78 is 11.4. The molecule has 0 saturated carbocycles. The van der Waals surface area contributed by atoms with E-state index < -0.39 is 41.5 Å². The summed E-state index contributed by atoms with van der Waals surface area (Å²) in [7, 11) is 0. The second-order valence-electron chi connectivity index (χ2n) is 15.3. The second-order valence-corrected chi connectivity index (χ2v) is 15.3. The Morgan fingerprint density at radius 3 is 2.22 bits per heavy atom. The predicted molar refractivity (Wildman–Crippen MR) is 205 cm³/mol. The van der Waals surface area contributed by atoms with Crippen LogP contribution in [0.1, 0.15) is 160 Å². The van der Waals surface area contributed by atoms with Gasteiger partial charge in [0.25, 0.3) is 5.91 Å². The van der Waals surface area contributed by atoms with E-state index >= 15 is 0 Å². The first-order chi connectivity index (χ1) is 26.2. The number of carboxylic acids is 1. The van der Waals surface area contributed by atoms with Crippen molar-refractivity contribution in [3.8, 4) is 0 Å². The summed E-state index contributed by atoms with van der Waals surface area (Å²) in [5, 5.41) is 13.3. The molecule has 54 heavy (non-hydrogen) atoms. The first kappa shape index (κ1) is 40.9. The number of benzene rings is 1. The molecule has 0 bridgehead atoms. The number of fused-ring (bicyclic) bond motifs is 4. The molecule has 0 saturated heterocycles. The molecule has 0 aliphatic carbocycles. The summed E-state index contributed by atoms with van der Waals surface area (Å²) in [5.74, 6) is -3.20. The minimum Gasteiger partial charge on any atom is -0.480 e. The number of nitrogens with one attached hydrogen (secondary N) is 1. The van der Waals surface area contributed by atoms with Crippen LogP contribution in [-0.4, -0.2) is 63.0 Å². The van der Waals surface area contributed by atoms with Gasteiger partial charge in [0, 0.05) is 24.8 Å². The highest BCUT2D eigenvalue weighted by Gasteiger charge is 2.55. The van der Waals surface area contributed by atoms with Gasteiger partial charge in [-0.1, -0.05) is 122 Å². The maximum atomic E-state index is 13.8. The van der Waals surface area contributed by atoms with Gasteiger partial charge in [0.05, 0.1) is 22.8 Å². The number of para-hydroxylation sites is 1. The van der Waals surface area contributed by atoms with Crippen LogP contribution in [0.5, 0.6) is 0 Å². The van der Waals surface area contributed by atoms with Crippen LogP contribution in [0.4, 0.5) is 0 Å². The normalized spacial score (nSPS) is 19.6. The van der Waals surface area contributed by atoms with E-state index in [9.17, 15) is 29.1 Å². The van der Waals surface area contributed by atoms with E-state index in [2.05, 4.69) is 12.2 Å². The summed E-state index contributed by atoms with van der Waals surface area (Å²) in [6.45, 7) is 4.16. The molecule has 3 aliphatic rings. The van der Waals surface area contributed by atoms with Crippen molar-refractivity contribution in [2.45, 2.75) is 166 Å². The molecule has 294 valence electrons. The highest BCUT2D eigenvalue weighted by molar-refractivity contribution is 6.01. The Bertz CT molecular complexity index is 1690. The number of rotatable bonds is 23. The van der Waals surface area contributed by atoms with Gasteiger partial charge in [0.1, 0.15) is 12.6 Å². The number of ether oxygens (including phenoxy) is 2.